The lowest BCUT2D eigenvalue weighted by molar-refractivity contribution is 0.660. The van der Waals surface area contributed by atoms with Crippen LogP contribution in [0.2, 0.25) is 0 Å². The van der Waals surface area contributed by atoms with Gasteiger partial charge in [-0.25, -0.2) is 0 Å². The number of hydrogen-bond donors (Lipinski definition) is 0. The maximum absolute atomic E-state index is 2.53. The van der Waals surface area contributed by atoms with Crippen LogP contribution in [0.4, 0.5) is 17.1 Å². The van der Waals surface area contributed by atoms with Crippen LogP contribution in [0.3, 0.4) is 0 Å². The van der Waals surface area contributed by atoms with Crippen molar-refractivity contribution in [1.82, 2.24) is 4.57 Å². The molecule has 0 atom stereocenters. The summed E-state index contributed by atoms with van der Waals surface area (Å²) in [4.78, 5) is 2.52. The molecule has 11 aromatic rings. The van der Waals surface area contributed by atoms with Crippen LogP contribution in [-0.2, 0) is 10.8 Å². The van der Waals surface area contributed by atoms with Gasteiger partial charge in [0.05, 0.1) is 27.8 Å². The van der Waals surface area contributed by atoms with Crippen molar-refractivity contribution in [3.63, 3.8) is 0 Å². The summed E-state index contributed by atoms with van der Waals surface area (Å²) in [6, 6.07) is 86.6. The van der Waals surface area contributed by atoms with Gasteiger partial charge >= 0.3 is 0 Å². The first-order chi connectivity index (χ1) is 33.3. The molecule has 2 nitrogen and oxygen atoms in total. The Bertz CT molecular complexity index is 3680. The van der Waals surface area contributed by atoms with Gasteiger partial charge in [0.2, 0.25) is 0 Å². The molecule has 0 saturated heterocycles. The first-order valence-electron chi connectivity index (χ1n) is 23.9. The van der Waals surface area contributed by atoms with E-state index in [0.717, 1.165) is 17.1 Å². The molecule has 0 bridgehead atoms. The van der Waals surface area contributed by atoms with Crippen LogP contribution in [-0.4, -0.2) is 4.57 Å². The normalized spacial score (nSPS) is 13.8. The Hall–Kier alpha value is -8.20. The molecule has 10 aromatic carbocycles. The highest BCUT2D eigenvalue weighted by atomic mass is 15.1. The van der Waals surface area contributed by atoms with Crippen LogP contribution in [0.1, 0.15) is 58.4 Å². The molecule has 0 spiro atoms. The number of rotatable bonds is 7. The molecular weight excluding hydrogens is 821 g/mol. The standard InChI is InChI=1S/C66H50N2/c1-43-29-33-46(34-30-43)66(47-35-31-44(2)32-36-47)57-24-16-28-63(68-61-26-14-10-21-53(61)54-22-11-15-27-62(54)68)64(57)55-40-38-49(42-59(55)66)67(60-25-13-9-19-50(60)45-17-6-5-7-18-45)48-37-39-52-51-20-8-12-23-56(51)65(3,4)58(52)41-48/h5-42H,1-4H3. The second-order valence-corrected chi connectivity index (χ2v) is 19.4. The van der Waals surface area contributed by atoms with Crippen LogP contribution < -0.4 is 4.90 Å². The van der Waals surface area contributed by atoms with Gasteiger partial charge in [0, 0.05) is 38.7 Å². The van der Waals surface area contributed by atoms with E-state index < -0.39 is 5.41 Å². The number of para-hydroxylation sites is 3. The Balaban J connectivity index is 1.13. The largest absolute Gasteiger partial charge is 0.310 e. The Kier molecular flexibility index (Phi) is 8.95. The average molecular weight is 871 g/mol. The van der Waals surface area contributed by atoms with Crippen LogP contribution in [0.25, 0.3) is 60.9 Å². The van der Waals surface area contributed by atoms with Crippen molar-refractivity contribution in [3.05, 3.63) is 275 Å². The van der Waals surface area contributed by atoms with E-state index in [-0.39, 0.29) is 5.41 Å². The van der Waals surface area contributed by atoms with Crippen molar-refractivity contribution in [2.45, 2.75) is 38.5 Å². The molecule has 2 aliphatic carbocycles. The molecule has 1 heterocycles. The van der Waals surface area contributed by atoms with Gasteiger partial charge in [-0.15, -0.1) is 0 Å². The lowest BCUT2D eigenvalue weighted by atomic mass is 9.67. The summed E-state index contributed by atoms with van der Waals surface area (Å²) in [6.45, 7) is 9.14. The topological polar surface area (TPSA) is 8.17 Å². The third kappa shape index (κ3) is 5.77. The van der Waals surface area contributed by atoms with Crippen LogP contribution in [0.15, 0.2) is 231 Å². The van der Waals surface area contributed by atoms with Gasteiger partial charge < -0.3 is 9.47 Å². The molecule has 0 saturated carbocycles. The summed E-state index contributed by atoms with van der Waals surface area (Å²) in [5, 5.41) is 2.51. The predicted molar refractivity (Wildman–Crippen MR) is 285 cm³/mol. The van der Waals surface area contributed by atoms with E-state index in [1.165, 1.54) is 105 Å². The van der Waals surface area contributed by atoms with E-state index in [1.807, 2.05) is 0 Å². The highest BCUT2D eigenvalue weighted by Gasteiger charge is 2.48. The number of aryl methyl sites for hydroxylation is 2. The number of fused-ring (bicyclic) bond motifs is 9. The summed E-state index contributed by atoms with van der Waals surface area (Å²) in [7, 11) is 0. The average Bonchev–Trinajstić information content (AvgIpc) is 3.96. The maximum atomic E-state index is 2.53. The minimum atomic E-state index is -0.650. The van der Waals surface area contributed by atoms with Gasteiger partial charge in [0.25, 0.3) is 0 Å². The summed E-state index contributed by atoms with van der Waals surface area (Å²) < 4.78 is 2.51. The SMILES string of the molecule is Cc1ccc(C2(c3ccc(C)cc3)c3cc(N(c4ccc5c(c4)C(C)(C)c4ccccc4-5)c4ccccc4-c4ccccc4)ccc3-c3c(-n4c5ccccc5c5ccccc54)cccc32)cc1. The van der Waals surface area contributed by atoms with Gasteiger partial charge in [-0.05, 0) is 118 Å². The molecule has 2 heteroatoms. The fourth-order valence-corrected chi connectivity index (χ4v) is 12.0. The molecule has 68 heavy (non-hydrogen) atoms. The molecule has 324 valence electrons. The lowest BCUT2D eigenvalue weighted by Gasteiger charge is -2.35. The highest BCUT2D eigenvalue weighted by molar-refractivity contribution is 6.10. The first-order valence-corrected chi connectivity index (χ1v) is 23.9. The van der Waals surface area contributed by atoms with Crippen molar-refractivity contribution in [1.29, 1.82) is 0 Å². The third-order valence-corrected chi connectivity index (χ3v) is 15.2. The van der Waals surface area contributed by atoms with Gasteiger partial charge in [-0.1, -0.05) is 207 Å². The quantitative estimate of drug-likeness (QED) is 0.155. The number of anilines is 3. The molecule has 1 aromatic heterocycles. The Morgan fingerprint density at radius 1 is 0.382 bits per heavy atom. The maximum Gasteiger partial charge on any atom is 0.0715 e. The molecular formula is C66H50N2. The minimum Gasteiger partial charge on any atom is -0.310 e. The molecule has 13 rings (SSSR count). The lowest BCUT2D eigenvalue weighted by Crippen LogP contribution is -2.29. The molecule has 0 N–H and O–H groups in total. The van der Waals surface area contributed by atoms with Crippen LogP contribution in [0.5, 0.6) is 0 Å². The van der Waals surface area contributed by atoms with Crippen molar-refractivity contribution in [2.75, 3.05) is 4.90 Å². The smallest absolute Gasteiger partial charge is 0.0715 e. The van der Waals surface area contributed by atoms with E-state index in [4.69, 9.17) is 0 Å². The number of aromatic nitrogens is 1. The monoisotopic (exact) mass is 870 g/mol. The zero-order valence-corrected chi connectivity index (χ0v) is 38.8. The van der Waals surface area contributed by atoms with Crippen molar-refractivity contribution in [2.24, 2.45) is 0 Å². The Morgan fingerprint density at radius 2 is 0.897 bits per heavy atom. The second-order valence-electron chi connectivity index (χ2n) is 19.4. The van der Waals surface area contributed by atoms with Crippen molar-refractivity contribution >= 4 is 38.9 Å². The van der Waals surface area contributed by atoms with Crippen LogP contribution in [0, 0.1) is 13.8 Å². The molecule has 0 unspecified atom stereocenters. The molecule has 2 aliphatic rings. The highest BCUT2D eigenvalue weighted by Crippen LogP contribution is 2.60. The van der Waals surface area contributed by atoms with Crippen molar-refractivity contribution < 1.29 is 0 Å². The summed E-state index contributed by atoms with van der Waals surface area (Å²) in [6.07, 6.45) is 0. The molecule has 0 aliphatic heterocycles. The molecule has 0 amide bonds. The number of nitrogens with zero attached hydrogens (tertiary/aromatic N) is 2. The molecule has 0 fully saturated rings. The van der Waals surface area contributed by atoms with E-state index in [0.29, 0.717) is 0 Å². The van der Waals surface area contributed by atoms with Gasteiger partial charge in [-0.3, -0.25) is 0 Å². The van der Waals surface area contributed by atoms with Crippen LogP contribution >= 0.6 is 0 Å². The van der Waals surface area contributed by atoms with Crippen molar-refractivity contribution in [3.8, 4) is 39.1 Å². The van der Waals surface area contributed by atoms with Gasteiger partial charge in [0.1, 0.15) is 0 Å². The minimum absolute atomic E-state index is 0.165. The zero-order chi connectivity index (χ0) is 45.7. The van der Waals surface area contributed by atoms with E-state index in [1.54, 1.807) is 0 Å². The van der Waals surface area contributed by atoms with Gasteiger partial charge in [0.15, 0.2) is 0 Å². The Labute approximate surface area is 399 Å². The zero-order valence-electron chi connectivity index (χ0n) is 38.8. The second kappa shape index (κ2) is 15.2. The van der Waals surface area contributed by atoms with E-state index in [9.17, 15) is 0 Å². The predicted octanol–water partition coefficient (Wildman–Crippen LogP) is 17.2. The van der Waals surface area contributed by atoms with E-state index in [2.05, 4.69) is 268 Å². The first kappa shape index (κ1) is 40.1. The van der Waals surface area contributed by atoms with Gasteiger partial charge in [-0.2, -0.15) is 0 Å². The Morgan fingerprint density at radius 3 is 1.56 bits per heavy atom. The molecule has 0 radical (unpaired) electrons. The fraction of sp³-hybridized carbons (Fsp3) is 0.0909. The third-order valence-electron chi connectivity index (χ3n) is 15.2. The summed E-state index contributed by atoms with van der Waals surface area (Å²) in [5.74, 6) is 0. The number of hydrogen-bond acceptors (Lipinski definition) is 1. The number of benzene rings is 10. The fourth-order valence-electron chi connectivity index (χ4n) is 12.0. The van der Waals surface area contributed by atoms with E-state index >= 15 is 0 Å². The summed E-state index contributed by atoms with van der Waals surface area (Å²) in [5.41, 5.74) is 23.9. The summed E-state index contributed by atoms with van der Waals surface area (Å²) >= 11 is 0.